The van der Waals surface area contributed by atoms with E-state index in [4.69, 9.17) is 11.6 Å². The molecule has 2 aromatic rings. The van der Waals surface area contributed by atoms with Crippen molar-refractivity contribution in [1.29, 1.82) is 0 Å². The van der Waals surface area contributed by atoms with Gasteiger partial charge < -0.3 is 5.32 Å². The minimum atomic E-state index is -0.121. The maximum Gasteiger partial charge on any atom is 0.251 e. The zero-order valence-electron chi connectivity index (χ0n) is 11.0. The minimum absolute atomic E-state index is 0.121. The lowest BCUT2D eigenvalue weighted by molar-refractivity contribution is 0.0951. The number of aromatic nitrogens is 1. The fourth-order valence-electron chi connectivity index (χ4n) is 2.16. The molecule has 3 nitrogen and oxygen atoms in total. The maximum absolute atomic E-state index is 12.0. The fourth-order valence-corrected chi connectivity index (χ4v) is 2.35. The highest BCUT2D eigenvalue weighted by molar-refractivity contribution is 6.30. The van der Waals surface area contributed by atoms with Crippen LogP contribution in [0.25, 0.3) is 0 Å². The van der Waals surface area contributed by atoms with E-state index in [0.29, 0.717) is 23.0 Å². The van der Waals surface area contributed by atoms with Gasteiger partial charge >= 0.3 is 0 Å². The molecule has 1 aliphatic carbocycles. The third-order valence-electron chi connectivity index (χ3n) is 3.40. The number of rotatable bonds is 4. The third kappa shape index (κ3) is 3.17. The lowest BCUT2D eigenvalue weighted by Gasteiger charge is -2.07. The molecule has 4 heteroatoms. The Hall–Kier alpha value is -1.87. The molecule has 0 aliphatic heterocycles. The molecule has 0 radical (unpaired) electrons. The molecule has 0 saturated heterocycles. The summed E-state index contributed by atoms with van der Waals surface area (Å²) >= 11 is 5.88. The summed E-state index contributed by atoms with van der Waals surface area (Å²) in [5, 5.41) is 3.46. The van der Waals surface area contributed by atoms with Gasteiger partial charge in [-0.15, -0.1) is 0 Å². The summed E-state index contributed by atoms with van der Waals surface area (Å²) in [6.45, 7) is 0.485. The quantitative estimate of drug-likeness (QED) is 0.934. The normalized spacial score (nSPS) is 14.1. The predicted octanol–water partition coefficient (Wildman–Crippen LogP) is 3.54. The number of benzene rings is 1. The van der Waals surface area contributed by atoms with Crippen LogP contribution in [0, 0.1) is 0 Å². The van der Waals surface area contributed by atoms with E-state index in [2.05, 4.69) is 16.4 Å². The SMILES string of the molecule is O=C(NCc1cncc(C2CC2)c1)c1cccc(Cl)c1. The van der Waals surface area contributed by atoms with Gasteiger partial charge in [0, 0.05) is 29.5 Å². The molecular formula is C16H15ClN2O. The van der Waals surface area contributed by atoms with Crippen molar-refractivity contribution in [2.75, 3.05) is 0 Å². The zero-order valence-corrected chi connectivity index (χ0v) is 11.7. The second kappa shape index (κ2) is 5.63. The summed E-state index contributed by atoms with van der Waals surface area (Å²) in [4.78, 5) is 16.2. The van der Waals surface area contributed by atoms with Crippen LogP contribution in [0.4, 0.5) is 0 Å². The summed E-state index contributed by atoms with van der Waals surface area (Å²) in [6.07, 6.45) is 6.21. The van der Waals surface area contributed by atoms with E-state index in [0.717, 1.165) is 5.56 Å². The van der Waals surface area contributed by atoms with Crippen molar-refractivity contribution in [2.45, 2.75) is 25.3 Å². The van der Waals surface area contributed by atoms with E-state index in [1.807, 2.05) is 6.20 Å². The summed E-state index contributed by atoms with van der Waals surface area (Å²) in [5.74, 6) is 0.551. The van der Waals surface area contributed by atoms with Crippen LogP contribution in [0.1, 0.15) is 40.2 Å². The second-order valence-electron chi connectivity index (χ2n) is 5.09. The zero-order chi connectivity index (χ0) is 13.9. The van der Waals surface area contributed by atoms with Crippen molar-refractivity contribution < 1.29 is 4.79 Å². The van der Waals surface area contributed by atoms with Gasteiger partial charge in [-0.3, -0.25) is 9.78 Å². The van der Waals surface area contributed by atoms with Crippen molar-refractivity contribution in [2.24, 2.45) is 0 Å². The van der Waals surface area contributed by atoms with Crippen LogP contribution in [0.2, 0.25) is 5.02 Å². The first-order chi connectivity index (χ1) is 9.72. The van der Waals surface area contributed by atoms with Crippen molar-refractivity contribution in [1.82, 2.24) is 10.3 Å². The molecule has 0 spiro atoms. The smallest absolute Gasteiger partial charge is 0.251 e. The van der Waals surface area contributed by atoms with Crippen LogP contribution in [-0.2, 0) is 6.54 Å². The lowest BCUT2D eigenvalue weighted by Crippen LogP contribution is -2.22. The largest absolute Gasteiger partial charge is 0.348 e. The molecule has 3 rings (SSSR count). The summed E-state index contributed by atoms with van der Waals surface area (Å²) in [5.41, 5.74) is 2.88. The number of carbonyl (C=O) groups excluding carboxylic acids is 1. The Morgan fingerprint density at radius 3 is 2.90 bits per heavy atom. The summed E-state index contributed by atoms with van der Waals surface area (Å²) in [7, 11) is 0. The van der Waals surface area contributed by atoms with Crippen molar-refractivity contribution in [3.05, 3.63) is 64.4 Å². The fraction of sp³-hybridized carbons (Fsp3) is 0.250. The highest BCUT2D eigenvalue weighted by atomic mass is 35.5. The van der Waals surface area contributed by atoms with Crippen LogP contribution in [0.5, 0.6) is 0 Å². The first kappa shape index (κ1) is 13.1. The molecule has 1 aliphatic rings. The van der Waals surface area contributed by atoms with Crippen molar-refractivity contribution in [3.8, 4) is 0 Å². The number of hydrogen-bond acceptors (Lipinski definition) is 2. The molecule has 1 aromatic heterocycles. The molecule has 0 atom stereocenters. The van der Waals surface area contributed by atoms with Crippen LogP contribution in [0.15, 0.2) is 42.7 Å². The van der Waals surface area contributed by atoms with E-state index >= 15 is 0 Å². The Balaban J connectivity index is 1.64. The van der Waals surface area contributed by atoms with Crippen molar-refractivity contribution >= 4 is 17.5 Å². The van der Waals surface area contributed by atoms with E-state index in [1.165, 1.54) is 18.4 Å². The topological polar surface area (TPSA) is 42.0 Å². The van der Waals surface area contributed by atoms with Crippen molar-refractivity contribution in [3.63, 3.8) is 0 Å². The van der Waals surface area contributed by atoms with E-state index in [1.54, 1.807) is 30.5 Å². The number of nitrogens with zero attached hydrogens (tertiary/aromatic N) is 1. The summed E-state index contributed by atoms with van der Waals surface area (Å²) in [6, 6.07) is 9.06. The first-order valence-corrected chi connectivity index (χ1v) is 7.08. The number of halogens is 1. The van der Waals surface area contributed by atoms with Gasteiger partial charge in [0.15, 0.2) is 0 Å². The Bertz CT molecular complexity index is 638. The molecule has 0 unspecified atom stereocenters. The van der Waals surface area contributed by atoms with Gasteiger partial charge in [0.05, 0.1) is 0 Å². The molecular weight excluding hydrogens is 272 g/mol. The second-order valence-corrected chi connectivity index (χ2v) is 5.53. The predicted molar refractivity (Wildman–Crippen MR) is 78.8 cm³/mol. The van der Waals surface area contributed by atoms with Crippen LogP contribution in [-0.4, -0.2) is 10.9 Å². The Labute approximate surface area is 123 Å². The number of hydrogen-bond donors (Lipinski definition) is 1. The van der Waals surface area contributed by atoms with Crippen LogP contribution < -0.4 is 5.32 Å². The van der Waals surface area contributed by atoms with Crippen LogP contribution in [0.3, 0.4) is 0 Å². The highest BCUT2D eigenvalue weighted by Gasteiger charge is 2.23. The summed E-state index contributed by atoms with van der Waals surface area (Å²) < 4.78 is 0. The van der Waals surface area contributed by atoms with Gasteiger partial charge in [-0.1, -0.05) is 23.7 Å². The third-order valence-corrected chi connectivity index (χ3v) is 3.64. The molecule has 1 fully saturated rings. The molecule has 20 heavy (non-hydrogen) atoms. The van der Waals surface area contributed by atoms with Gasteiger partial charge in [-0.2, -0.15) is 0 Å². The molecule has 102 valence electrons. The standard InChI is InChI=1S/C16H15ClN2O/c17-15-3-1-2-13(7-15)16(20)19-9-11-6-14(10-18-8-11)12-4-5-12/h1-3,6-8,10,12H,4-5,9H2,(H,19,20). The molecule has 1 heterocycles. The number of amides is 1. The van der Waals surface area contributed by atoms with Gasteiger partial charge in [-0.05, 0) is 48.1 Å². The van der Waals surface area contributed by atoms with Gasteiger partial charge in [0.25, 0.3) is 5.91 Å². The Morgan fingerprint density at radius 1 is 1.30 bits per heavy atom. The van der Waals surface area contributed by atoms with E-state index < -0.39 is 0 Å². The van der Waals surface area contributed by atoms with E-state index in [-0.39, 0.29) is 5.91 Å². The minimum Gasteiger partial charge on any atom is -0.348 e. The number of carbonyl (C=O) groups is 1. The van der Waals surface area contributed by atoms with Gasteiger partial charge in [0.2, 0.25) is 0 Å². The molecule has 0 bridgehead atoms. The number of pyridine rings is 1. The van der Waals surface area contributed by atoms with E-state index in [9.17, 15) is 4.79 Å². The van der Waals surface area contributed by atoms with Gasteiger partial charge in [0.1, 0.15) is 0 Å². The van der Waals surface area contributed by atoms with Gasteiger partial charge in [-0.25, -0.2) is 0 Å². The molecule has 1 N–H and O–H groups in total. The Morgan fingerprint density at radius 2 is 2.15 bits per heavy atom. The number of nitrogens with one attached hydrogen (secondary N) is 1. The average Bonchev–Trinajstić information content (AvgIpc) is 3.30. The molecule has 1 aromatic carbocycles. The highest BCUT2D eigenvalue weighted by Crippen LogP contribution is 2.39. The monoisotopic (exact) mass is 286 g/mol. The average molecular weight is 287 g/mol. The Kier molecular flexibility index (Phi) is 3.70. The first-order valence-electron chi connectivity index (χ1n) is 6.70. The maximum atomic E-state index is 12.0. The lowest BCUT2D eigenvalue weighted by atomic mass is 10.1. The molecule has 1 amide bonds. The van der Waals surface area contributed by atoms with Crippen LogP contribution >= 0.6 is 11.6 Å². The molecule has 1 saturated carbocycles.